The van der Waals surface area contributed by atoms with Gasteiger partial charge < -0.3 is 21.0 Å². The molecular formula is C10H11ClN2O3. The number of carbonyl (C=O) groups is 2. The summed E-state index contributed by atoms with van der Waals surface area (Å²) in [5.41, 5.74) is 3.98. The lowest BCUT2D eigenvalue weighted by Crippen LogP contribution is -2.67. The van der Waals surface area contributed by atoms with Gasteiger partial charge in [-0.2, -0.15) is 0 Å². The zero-order valence-corrected chi connectivity index (χ0v) is 9.16. The summed E-state index contributed by atoms with van der Waals surface area (Å²) in [5.74, 6) is -1.77. The first kappa shape index (κ1) is 12.5. The summed E-state index contributed by atoms with van der Waals surface area (Å²) in [6, 6.07) is 5.60. The number of hydrogen-bond donors (Lipinski definition) is 2. The third-order valence-corrected chi connectivity index (χ3v) is 2.15. The number of carbonyl (C=O) groups excluding carboxylic acids is 2. The van der Waals surface area contributed by atoms with Crippen LogP contribution in [0, 0.1) is 0 Å². The molecule has 0 bridgehead atoms. The predicted octanol–water partition coefficient (Wildman–Crippen LogP) is -0.971. The minimum Gasteiger partial charge on any atom is -0.550 e. The van der Waals surface area contributed by atoms with Crippen LogP contribution in [-0.4, -0.2) is 17.9 Å². The lowest BCUT2D eigenvalue weighted by molar-refractivity contribution is -0.407. The van der Waals surface area contributed by atoms with E-state index in [9.17, 15) is 14.7 Å². The molecule has 4 N–H and O–H groups in total. The summed E-state index contributed by atoms with van der Waals surface area (Å²) >= 11 is 5.67. The van der Waals surface area contributed by atoms with Crippen molar-refractivity contribution in [2.75, 3.05) is 5.32 Å². The Morgan fingerprint density at radius 2 is 1.94 bits per heavy atom. The van der Waals surface area contributed by atoms with Crippen LogP contribution in [0.3, 0.4) is 0 Å². The molecule has 0 saturated heterocycles. The van der Waals surface area contributed by atoms with Crippen molar-refractivity contribution in [2.45, 2.75) is 12.5 Å². The Morgan fingerprint density at radius 1 is 1.38 bits per heavy atom. The topological polar surface area (TPSA) is 96.9 Å². The second kappa shape index (κ2) is 5.48. The molecule has 5 nitrogen and oxygen atoms in total. The Kier molecular flexibility index (Phi) is 4.28. The number of rotatable bonds is 4. The largest absolute Gasteiger partial charge is 0.550 e. The van der Waals surface area contributed by atoms with Gasteiger partial charge in [0.2, 0.25) is 0 Å². The van der Waals surface area contributed by atoms with E-state index in [4.69, 9.17) is 11.6 Å². The van der Waals surface area contributed by atoms with Gasteiger partial charge in [0, 0.05) is 23.1 Å². The summed E-state index contributed by atoms with van der Waals surface area (Å²) < 4.78 is 0. The Hall–Kier alpha value is -1.59. The first-order valence-corrected chi connectivity index (χ1v) is 4.96. The minimum atomic E-state index is -1.30. The number of halogens is 1. The van der Waals surface area contributed by atoms with Crippen molar-refractivity contribution in [1.82, 2.24) is 0 Å². The van der Waals surface area contributed by atoms with E-state index in [1.807, 2.05) is 0 Å². The molecule has 1 rings (SSSR count). The molecule has 1 aromatic rings. The predicted molar refractivity (Wildman–Crippen MR) is 56.4 cm³/mol. The van der Waals surface area contributed by atoms with Gasteiger partial charge in [0.15, 0.2) is 6.04 Å². The number of benzene rings is 1. The van der Waals surface area contributed by atoms with Crippen molar-refractivity contribution in [3.63, 3.8) is 0 Å². The molecule has 86 valence electrons. The molecule has 0 heterocycles. The lowest BCUT2D eigenvalue weighted by atomic mass is 10.2. The van der Waals surface area contributed by atoms with Crippen LogP contribution in [0.1, 0.15) is 6.42 Å². The molecular weight excluding hydrogens is 232 g/mol. The molecule has 1 aromatic carbocycles. The normalized spacial score (nSPS) is 11.9. The monoisotopic (exact) mass is 242 g/mol. The molecule has 1 atom stereocenters. The van der Waals surface area contributed by atoms with E-state index in [1.165, 1.54) is 0 Å². The number of nitrogens with one attached hydrogen (secondary N) is 1. The molecule has 0 fully saturated rings. The van der Waals surface area contributed by atoms with Crippen LogP contribution >= 0.6 is 11.6 Å². The summed E-state index contributed by atoms with van der Waals surface area (Å²) in [6.45, 7) is 0. The van der Waals surface area contributed by atoms with Gasteiger partial charge >= 0.3 is 0 Å². The quantitative estimate of drug-likeness (QED) is 0.711. The summed E-state index contributed by atoms with van der Waals surface area (Å²) in [5, 5.41) is 13.3. The van der Waals surface area contributed by atoms with Crippen LogP contribution in [0.15, 0.2) is 24.3 Å². The zero-order chi connectivity index (χ0) is 12.1. The first-order valence-electron chi connectivity index (χ1n) is 4.58. The van der Waals surface area contributed by atoms with E-state index < -0.39 is 24.3 Å². The van der Waals surface area contributed by atoms with Crippen LogP contribution in [0.5, 0.6) is 0 Å². The van der Waals surface area contributed by atoms with E-state index in [1.54, 1.807) is 24.3 Å². The van der Waals surface area contributed by atoms with Crippen LogP contribution in [0.4, 0.5) is 5.69 Å². The summed E-state index contributed by atoms with van der Waals surface area (Å²) in [6.07, 6.45) is -0.403. The number of aliphatic carboxylic acids is 1. The van der Waals surface area contributed by atoms with Crippen LogP contribution in [0.2, 0.25) is 5.02 Å². The van der Waals surface area contributed by atoms with Gasteiger partial charge in [-0.15, -0.1) is 0 Å². The highest BCUT2D eigenvalue weighted by Gasteiger charge is 2.17. The van der Waals surface area contributed by atoms with E-state index in [0.29, 0.717) is 10.7 Å². The standard InChI is InChI=1S/C10H11ClN2O3/c11-6-1-3-7(4-2-6)13-10(16)8(12)5-9(14)15/h1-4,8H,5,12H2,(H,13,16)(H,14,15)/t8-/m0/s1. The van der Waals surface area contributed by atoms with Gasteiger partial charge in [0.25, 0.3) is 5.91 Å². The minimum absolute atomic E-state index is 0.403. The molecule has 0 unspecified atom stereocenters. The van der Waals surface area contributed by atoms with Gasteiger partial charge in [-0.3, -0.25) is 4.79 Å². The van der Waals surface area contributed by atoms with Gasteiger partial charge in [0.05, 0.1) is 0 Å². The number of carboxylic acid groups (broad SMARTS) is 1. The van der Waals surface area contributed by atoms with Crippen molar-refractivity contribution >= 4 is 29.2 Å². The number of hydrogen-bond acceptors (Lipinski definition) is 3. The SMILES string of the molecule is [NH3+][C@@H](CC(=O)[O-])C(=O)Nc1ccc(Cl)cc1. The molecule has 1 amide bonds. The van der Waals surface area contributed by atoms with E-state index in [0.717, 1.165) is 0 Å². The molecule has 0 spiro atoms. The maximum Gasteiger partial charge on any atom is 0.282 e. The van der Waals surface area contributed by atoms with Crippen molar-refractivity contribution in [3.8, 4) is 0 Å². The maximum absolute atomic E-state index is 11.4. The molecule has 0 radical (unpaired) electrons. The van der Waals surface area contributed by atoms with E-state index in [-0.39, 0.29) is 0 Å². The third kappa shape index (κ3) is 3.88. The van der Waals surface area contributed by atoms with Crippen molar-refractivity contribution < 1.29 is 20.4 Å². The number of carboxylic acids is 1. The molecule has 6 heteroatoms. The lowest BCUT2D eigenvalue weighted by Gasteiger charge is -2.09. The van der Waals surface area contributed by atoms with Gasteiger partial charge in [-0.25, -0.2) is 0 Å². The van der Waals surface area contributed by atoms with Gasteiger partial charge in [-0.05, 0) is 24.3 Å². The van der Waals surface area contributed by atoms with Gasteiger partial charge in [-0.1, -0.05) is 11.6 Å². The molecule has 16 heavy (non-hydrogen) atoms. The molecule has 0 aliphatic rings. The average molecular weight is 243 g/mol. The highest BCUT2D eigenvalue weighted by atomic mass is 35.5. The third-order valence-electron chi connectivity index (χ3n) is 1.90. The number of amides is 1. The van der Waals surface area contributed by atoms with E-state index in [2.05, 4.69) is 11.1 Å². The Bertz CT molecular complexity index is 392. The number of anilines is 1. The molecule has 0 aliphatic carbocycles. The fourth-order valence-electron chi connectivity index (χ4n) is 1.07. The summed E-state index contributed by atoms with van der Waals surface area (Å²) in [4.78, 5) is 21.7. The molecule has 0 saturated carbocycles. The Labute approximate surface area is 97.2 Å². The smallest absolute Gasteiger partial charge is 0.282 e. The maximum atomic E-state index is 11.4. The molecule has 0 aromatic heterocycles. The van der Waals surface area contributed by atoms with E-state index >= 15 is 0 Å². The Balaban J connectivity index is 2.57. The van der Waals surface area contributed by atoms with Gasteiger partial charge in [0.1, 0.15) is 0 Å². The highest BCUT2D eigenvalue weighted by molar-refractivity contribution is 6.30. The number of quaternary nitrogens is 1. The second-order valence-electron chi connectivity index (χ2n) is 3.27. The fraction of sp³-hybridized carbons (Fsp3) is 0.200. The van der Waals surface area contributed by atoms with Crippen LogP contribution in [-0.2, 0) is 9.59 Å². The second-order valence-corrected chi connectivity index (χ2v) is 3.71. The average Bonchev–Trinajstić information content (AvgIpc) is 2.20. The van der Waals surface area contributed by atoms with Crippen molar-refractivity contribution in [3.05, 3.63) is 29.3 Å². The van der Waals surface area contributed by atoms with Crippen LogP contribution < -0.4 is 16.2 Å². The first-order chi connectivity index (χ1) is 7.49. The fourth-order valence-corrected chi connectivity index (χ4v) is 1.20. The molecule has 0 aliphatic heterocycles. The van der Waals surface area contributed by atoms with Crippen molar-refractivity contribution in [2.24, 2.45) is 0 Å². The summed E-state index contributed by atoms with van der Waals surface area (Å²) in [7, 11) is 0. The van der Waals surface area contributed by atoms with Crippen LogP contribution in [0.25, 0.3) is 0 Å². The highest BCUT2D eigenvalue weighted by Crippen LogP contribution is 2.13. The van der Waals surface area contributed by atoms with Crippen molar-refractivity contribution in [1.29, 1.82) is 0 Å². The zero-order valence-electron chi connectivity index (χ0n) is 8.40. The Morgan fingerprint density at radius 3 is 2.44 bits per heavy atom.